The number of nitrogens with zero attached hydrogens (tertiary/aromatic N) is 1. The summed E-state index contributed by atoms with van der Waals surface area (Å²) < 4.78 is 28.4. The molecule has 0 radical (unpaired) electrons. The van der Waals surface area contributed by atoms with Gasteiger partial charge in [0.2, 0.25) is 0 Å². The van der Waals surface area contributed by atoms with Crippen molar-refractivity contribution in [3.05, 3.63) is 95.1 Å². The molecule has 4 heteroatoms. The van der Waals surface area contributed by atoms with E-state index < -0.39 is 11.6 Å². The van der Waals surface area contributed by atoms with Crippen LogP contribution in [0, 0.1) is 23.5 Å². The third kappa shape index (κ3) is 4.44. The van der Waals surface area contributed by atoms with Crippen LogP contribution in [0.15, 0.2) is 71.7 Å². The Balaban J connectivity index is 1.52. The second kappa shape index (κ2) is 8.97. The highest BCUT2D eigenvalue weighted by atomic mass is 32.1. The minimum Gasteiger partial charge on any atom is -0.206 e. The van der Waals surface area contributed by atoms with E-state index in [2.05, 4.69) is 47.3 Å². The summed E-state index contributed by atoms with van der Waals surface area (Å²) in [5.74, 6) is 5.04. The third-order valence-corrected chi connectivity index (χ3v) is 5.14. The van der Waals surface area contributed by atoms with Crippen molar-refractivity contribution in [2.24, 2.45) is 4.99 Å². The Morgan fingerprint density at radius 2 is 1.43 bits per heavy atom. The van der Waals surface area contributed by atoms with Gasteiger partial charge in [0.05, 0.1) is 5.16 Å². The molecule has 146 valence electrons. The van der Waals surface area contributed by atoms with Crippen molar-refractivity contribution in [1.82, 2.24) is 0 Å². The molecule has 0 spiro atoms. The van der Waals surface area contributed by atoms with Crippen molar-refractivity contribution < 1.29 is 8.78 Å². The van der Waals surface area contributed by atoms with Crippen LogP contribution in [0.5, 0.6) is 0 Å². The lowest BCUT2D eigenvalue weighted by molar-refractivity contribution is 0.605. The Morgan fingerprint density at radius 3 is 2.00 bits per heavy atom. The van der Waals surface area contributed by atoms with Gasteiger partial charge in [-0.15, -0.1) is 0 Å². The molecule has 0 unspecified atom stereocenters. The molecule has 0 amide bonds. The molecule has 0 atom stereocenters. The van der Waals surface area contributed by atoms with Gasteiger partial charge in [-0.05, 0) is 78.5 Å². The average molecular weight is 413 g/mol. The largest absolute Gasteiger partial charge is 0.206 e. The number of thiocarbonyl (C=S) groups is 1. The fourth-order valence-corrected chi connectivity index (χ4v) is 3.57. The molecule has 1 aliphatic rings. The number of hydrogen-bond donors (Lipinski definition) is 0. The van der Waals surface area contributed by atoms with Crippen molar-refractivity contribution in [2.75, 3.05) is 0 Å². The zero-order chi connectivity index (χ0) is 20.9. The van der Waals surface area contributed by atoms with Crippen molar-refractivity contribution in [1.29, 1.82) is 0 Å². The normalized spacial score (nSPS) is 12.5. The lowest BCUT2D eigenvalue weighted by Crippen LogP contribution is -1.88. The van der Waals surface area contributed by atoms with E-state index in [1.54, 1.807) is 24.3 Å². The predicted octanol–water partition coefficient (Wildman–Crippen LogP) is 7.33. The topological polar surface area (TPSA) is 12.4 Å². The van der Waals surface area contributed by atoms with Crippen LogP contribution >= 0.6 is 12.2 Å². The number of isothiocyanates is 1. The molecule has 0 bridgehead atoms. The summed E-state index contributed by atoms with van der Waals surface area (Å²) in [5, 5.41) is 2.05. The van der Waals surface area contributed by atoms with Crippen molar-refractivity contribution in [3.8, 4) is 23.0 Å². The standard InChI is InChI=1S/C26H17F2NS/c27-24-16-26(29-17-30)25(28)15-23(24)22-13-9-19(10-14-22)6-5-18-7-11-21(12-8-18)20-3-1-2-4-20/h3,7-16H,1-2,4H2. The van der Waals surface area contributed by atoms with Crippen molar-refractivity contribution in [2.45, 2.75) is 19.3 Å². The number of aliphatic imine (C=N–C) groups is 1. The fraction of sp³-hybridized carbons (Fsp3) is 0.115. The summed E-state index contributed by atoms with van der Waals surface area (Å²) in [6.45, 7) is 0. The van der Waals surface area contributed by atoms with E-state index in [0.717, 1.165) is 36.1 Å². The summed E-state index contributed by atoms with van der Waals surface area (Å²) in [5.41, 5.74) is 4.96. The smallest absolute Gasteiger partial charge is 0.150 e. The first-order chi connectivity index (χ1) is 14.6. The molecular weight excluding hydrogens is 396 g/mol. The molecule has 1 aliphatic carbocycles. The third-order valence-electron chi connectivity index (χ3n) is 5.05. The van der Waals surface area contributed by atoms with Crippen LogP contribution < -0.4 is 0 Å². The van der Waals surface area contributed by atoms with Crippen LogP contribution in [0.3, 0.4) is 0 Å². The summed E-state index contributed by atoms with van der Waals surface area (Å²) in [6, 6.07) is 17.4. The molecule has 0 aromatic heterocycles. The monoisotopic (exact) mass is 413 g/mol. The summed E-state index contributed by atoms with van der Waals surface area (Å²) >= 11 is 4.45. The van der Waals surface area contributed by atoms with Gasteiger partial charge in [0.1, 0.15) is 17.3 Å². The van der Waals surface area contributed by atoms with E-state index in [-0.39, 0.29) is 11.3 Å². The number of allylic oxidation sites excluding steroid dienone is 2. The molecule has 3 aromatic rings. The van der Waals surface area contributed by atoms with Crippen LogP contribution in [-0.2, 0) is 0 Å². The first-order valence-electron chi connectivity index (χ1n) is 9.63. The molecule has 0 saturated carbocycles. The van der Waals surface area contributed by atoms with E-state index in [4.69, 9.17) is 0 Å². The van der Waals surface area contributed by atoms with Crippen molar-refractivity contribution >= 4 is 28.6 Å². The summed E-state index contributed by atoms with van der Waals surface area (Å²) in [4.78, 5) is 3.53. The maximum atomic E-state index is 14.3. The Hall–Kier alpha value is -3.38. The molecule has 0 aliphatic heterocycles. The van der Waals surface area contributed by atoms with Gasteiger partial charge in [0, 0.05) is 22.8 Å². The van der Waals surface area contributed by atoms with Gasteiger partial charge in [0.15, 0.2) is 0 Å². The van der Waals surface area contributed by atoms with Crippen molar-refractivity contribution in [3.63, 3.8) is 0 Å². The molecule has 3 aromatic carbocycles. The van der Waals surface area contributed by atoms with Gasteiger partial charge in [-0.1, -0.05) is 42.2 Å². The zero-order valence-corrected chi connectivity index (χ0v) is 16.9. The fourth-order valence-electron chi connectivity index (χ4n) is 3.47. The number of rotatable bonds is 3. The zero-order valence-electron chi connectivity index (χ0n) is 16.1. The summed E-state index contributed by atoms with van der Waals surface area (Å²) in [7, 11) is 0. The summed E-state index contributed by atoms with van der Waals surface area (Å²) in [6.07, 6.45) is 5.84. The second-order valence-electron chi connectivity index (χ2n) is 7.01. The Labute approximate surface area is 179 Å². The van der Waals surface area contributed by atoms with E-state index in [0.29, 0.717) is 5.56 Å². The number of benzene rings is 3. The SMILES string of the molecule is Fc1cc(-c2ccc(C#Cc3ccc(C4=CCCC4)cc3)cc2)c(F)cc1N=C=S. The Kier molecular flexibility index (Phi) is 5.95. The molecule has 0 saturated heterocycles. The highest BCUT2D eigenvalue weighted by Gasteiger charge is 2.11. The first-order valence-corrected chi connectivity index (χ1v) is 10.0. The van der Waals surface area contributed by atoms with Crippen LogP contribution in [0.4, 0.5) is 14.5 Å². The molecule has 0 fully saturated rings. The molecule has 0 heterocycles. The number of halogens is 2. The maximum Gasteiger partial charge on any atom is 0.150 e. The lowest BCUT2D eigenvalue weighted by atomic mass is 10.0. The molecule has 0 N–H and O–H groups in total. The van der Waals surface area contributed by atoms with Gasteiger partial charge in [-0.3, -0.25) is 0 Å². The first kappa shape index (κ1) is 19.9. The van der Waals surface area contributed by atoms with E-state index in [1.165, 1.54) is 17.6 Å². The van der Waals surface area contributed by atoms with Crippen LogP contribution in [0.2, 0.25) is 0 Å². The quantitative estimate of drug-likeness (QED) is 0.249. The molecule has 4 rings (SSSR count). The highest BCUT2D eigenvalue weighted by molar-refractivity contribution is 7.78. The van der Waals surface area contributed by atoms with Gasteiger partial charge in [0.25, 0.3) is 0 Å². The van der Waals surface area contributed by atoms with Gasteiger partial charge >= 0.3 is 0 Å². The van der Waals surface area contributed by atoms with Gasteiger partial charge in [-0.2, -0.15) is 4.99 Å². The van der Waals surface area contributed by atoms with Gasteiger partial charge < -0.3 is 0 Å². The lowest BCUT2D eigenvalue weighted by Gasteiger charge is -2.05. The minimum atomic E-state index is -0.649. The number of hydrogen-bond acceptors (Lipinski definition) is 2. The Bertz CT molecular complexity index is 1220. The van der Waals surface area contributed by atoms with Gasteiger partial charge in [-0.25, -0.2) is 8.78 Å². The Morgan fingerprint density at radius 1 is 0.800 bits per heavy atom. The second-order valence-corrected chi connectivity index (χ2v) is 7.20. The van der Waals surface area contributed by atoms with E-state index in [9.17, 15) is 8.78 Å². The molecular formula is C26H17F2NS. The maximum absolute atomic E-state index is 14.3. The molecule has 30 heavy (non-hydrogen) atoms. The van der Waals surface area contributed by atoms with Crippen LogP contribution in [0.25, 0.3) is 16.7 Å². The van der Waals surface area contributed by atoms with E-state index >= 15 is 0 Å². The molecule has 1 nitrogen and oxygen atoms in total. The average Bonchev–Trinajstić information content (AvgIpc) is 3.31. The minimum absolute atomic E-state index is 0.159. The van der Waals surface area contributed by atoms with E-state index in [1.807, 2.05) is 17.3 Å². The van der Waals surface area contributed by atoms with Crippen LogP contribution in [-0.4, -0.2) is 5.16 Å². The van der Waals surface area contributed by atoms with Crippen LogP contribution in [0.1, 0.15) is 36.0 Å². The highest BCUT2D eigenvalue weighted by Crippen LogP contribution is 2.29. The predicted molar refractivity (Wildman–Crippen MR) is 121 cm³/mol.